The molecule has 1 aromatic carbocycles. The van der Waals surface area contributed by atoms with Gasteiger partial charge in [0, 0.05) is 24.1 Å². The Morgan fingerprint density at radius 3 is 2.93 bits per heavy atom. The van der Waals surface area contributed by atoms with Crippen LogP contribution in [0.3, 0.4) is 0 Å². The molecule has 78 valence electrons. The molecule has 2 N–H and O–H groups in total. The van der Waals surface area contributed by atoms with Gasteiger partial charge in [-0.3, -0.25) is 0 Å². The molecule has 0 saturated carbocycles. The first-order valence-corrected chi connectivity index (χ1v) is 4.68. The predicted molar refractivity (Wildman–Crippen MR) is 56.8 cm³/mol. The quantitative estimate of drug-likeness (QED) is 0.604. The molecule has 0 aliphatic carbocycles. The van der Waals surface area contributed by atoms with Crippen molar-refractivity contribution < 1.29 is 9.52 Å². The average molecular weight is 226 g/mol. The van der Waals surface area contributed by atoms with E-state index < -0.39 is 5.63 Å². The highest BCUT2D eigenvalue weighted by Gasteiger charge is 2.05. The minimum atomic E-state index is -0.463. The molecule has 0 fully saturated rings. The van der Waals surface area contributed by atoms with Gasteiger partial charge in [-0.25, -0.2) is 9.63 Å². The van der Waals surface area contributed by atoms with E-state index >= 15 is 0 Å². The summed E-state index contributed by atoms with van der Waals surface area (Å²) in [6, 6.07) is 5.97. The zero-order valence-electron chi connectivity index (χ0n) is 7.66. The number of fused-ring (bicyclic) bond motifs is 1. The summed E-state index contributed by atoms with van der Waals surface area (Å²) in [7, 11) is 0. The largest absolute Gasteiger partial charge is 0.508 e. The smallest absolute Gasteiger partial charge is 0.336 e. The van der Waals surface area contributed by atoms with Crippen molar-refractivity contribution in [2.45, 2.75) is 6.54 Å². The number of halogens is 1. The summed E-state index contributed by atoms with van der Waals surface area (Å²) in [6.07, 6.45) is 0. The number of phenolic OH excluding ortho intramolecular Hbond substituents is 1. The molecule has 0 aliphatic rings. The molecular formula is C10H8ClNO3. The fourth-order valence-corrected chi connectivity index (χ4v) is 1.58. The van der Waals surface area contributed by atoms with E-state index in [1.165, 1.54) is 18.2 Å². The van der Waals surface area contributed by atoms with Gasteiger partial charge in [-0.15, -0.1) is 0 Å². The number of nitrogens with one attached hydrogen (secondary N) is 1. The van der Waals surface area contributed by atoms with Crippen molar-refractivity contribution in [1.29, 1.82) is 0 Å². The summed E-state index contributed by atoms with van der Waals surface area (Å²) in [5, 5.41) is 9.99. The van der Waals surface area contributed by atoms with Crippen molar-refractivity contribution in [3.05, 3.63) is 40.2 Å². The minimum Gasteiger partial charge on any atom is -0.508 e. The van der Waals surface area contributed by atoms with Crippen molar-refractivity contribution in [3.63, 3.8) is 0 Å². The fraction of sp³-hybridized carbons (Fsp3) is 0.100. The summed E-state index contributed by atoms with van der Waals surface area (Å²) >= 11 is 5.39. The molecule has 0 amide bonds. The topological polar surface area (TPSA) is 62.5 Å². The van der Waals surface area contributed by atoms with E-state index in [0.717, 1.165) is 10.9 Å². The van der Waals surface area contributed by atoms with Gasteiger partial charge in [-0.1, -0.05) is 0 Å². The number of phenols is 1. The van der Waals surface area contributed by atoms with Gasteiger partial charge in [0.25, 0.3) is 0 Å². The van der Waals surface area contributed by atoms with Crippen LogP contribution in [0.2, 0.25) is 0 Å². The van der Waals surface area contributed by atoms with Crippen molar-refractivity contribution >= 4 is 22.7 Å². The molecule has 4 nitrogen and oxygen atoms in total. The standard InChI is InChI=1S/C10H8ClNO3/c11-12-5-6-3-10(14)15-9-4-7(13)1-2-8(6)9/h1-4,12-13H,5H2. The van der Waals surface area contributed by atoms with Crippen LogP contribution < -0.4 is 10.5 Å². The summed E-state index contributed by atoms with van der Waals surface area (Å²) in [6.45, 7) is 0.356. The molecule has 0 radical (unpaired) electrons. The second kappa shape index (κ2) is 3.92. The Bertz CT molecular complexity index is 550. The highest BCUT2D eigenvalue weighted by Crippen LogP contribution is 2.21. The molecule has 2 aromatic rings. The molecule has 1 aromatic heterocycles. The lowest BCUT2D eigenvalue weighted by Gasteiger charge is -2.03. The lowest BCUT2D eigenvalue weighted by atomic mass is 10.1. The lowest BCUT2D eigenvalue weighted by molar-refractivity contribution is 0.473. The molecule has 0 saturated heterocycles. The van der Waals surface area contributed by atoms with Crippen LogP contribution in [0.15, 0.2) is 33.5 Å². The first-order chi connectivity index (χ1) is 7.20. The van der Waals surface area contributed by atoms with Crippen molar-refractivity contribution in [3.8, 4) is 5.75 Å². The zero-order chi connectivity index (χ0) is 10.8. The van der Waals surface area contributed by atoms with Crippen LogP contribution in [0.5, 0.6) is 5.75 Å². The number of hydrogen-bond acceptors (Lipinski definition) is 4. The van der Waals surface area contributed by atoms with E-state index in [1.807, 2.05) is 0 Å². The predicted octanol–water partition coefficient (Wildman–Crippen LogP) is 1.74. The van der Waals surface area contributed by atoms with Gasteiger partial charge in [0.1, 0.15) is 11.3 Å². The third-order valence-corrected chi connectivity index (χ3v) is 2.20. The average Bonchev–Trinajstić information content (AvgIpc) is 2.17. The molecule has 0 atom stereocenters. The summed E-state index contributed by atoms with van der Waals surface area (Å²) < 4.78 is 4.94. The van der Waals surface area contributed by atoms with Gasteiger partial charge in [-0.2, -0.15) is 0 Å². The molecule has 15 heavy (non-hydrogen) atoms. The van der Waals surface area contributed by atoms with Crippen molar-refractivity contribution in [1.82, 2.24) is 4.84 Å². The van der Waals surface area contributed by atoms with Crippen molar-refractivity contribution in [2.75, 3.05) is 0 Å². The van der Waals surface area contributed by atoms with Crippen LogP contribution in [0.1, 0.15) is 5.56 Å². The Morgan fingerprint density at radius 1 is 1.40 bits per heavy atom. The van der Waals surface area contributed by atoms with Crippen LogP contribution in [0.4, 0.5) is 0 Å². The number of rotatable bonds is 2. The van der Waals surface area contributed by atoms with Crippen LogP contribution >= 0.6 is 11.8 Å². The zero-order valence-corrected chi connectivity index (χ0v) is 8.41. The van der Waals surface area contributed by atoms with Gasteiger partial charge in [0.15, 0.2) is 0 Å². The van der Waals surface area contributed by atoms with E-state index in [4.69, 9.17) is 16.2 Å². The molecule has 0 spiro atoms. The second-order valence-electron chi connectivity index (χ2n) is 3.08. The monoisotopic (exact) mass is 225 g/mol. The molecule has 0 aliphatic heterocycles. The van der Waals surface area contributed by atoms with E-state index in [0.29, 0.717) is 12.1 Å². The Morgan fingerprint density at radius 2 is 2.20 bits per heavy atom. The Labute approximate surface area is 90.2 Å². The number of aromatic hydroxyl groups is 1. The Kier molecular flexibility index (Phi) is 2.62. The Hall–Kier alpha value is -1.52. The highest BCUT2D eigenvalue weighted by atomic mass is 35.5. The minimum absolute atomic E-state index is 0.0571. The molecule has 2 rings (SSSR count). The first kappa shape index (κ1) is 10.0. The maximum absolute atomic E-state index is 11.2. The lowest BCUT2D eigenvalue weighted by Crippen LogP contribution is -2.05. The number of hydrogen-bond donors (Lipinski definition) is 2. The normalized spacial score (nSPS) is 10.7. The van der Waals surface area contributed by atoms with Crippen LogP contribution in [-0.4, -0.2) is 5.11 Å². The third kappa shape index (κ3) is 1.95. The molecule has 0 bridgehead atoms. The number of benzene rings is 1. The van der Waals surface area contributed by atoms with Gasteiger partial charge >= 0.3 is 5.63 Å². The van der Waals surface area contributed by atoms with E-state index in [9.17, 15) is 9.90 Å². The summed E-state index contributed by atoms with van der Waals surface area (Å²) in [4.78, 5) is 13.6. The molecule has 5 heteroatoms. The first-order valence-electron chi connectivity index (χ1n) is 4.30. The van der Waals surface area contributed by atoms with Crippen molar-refractivity contribution in [2.24, 2.45) is 0 Å². The van der Waals surface area contributed by atoms with Gasteiger partial charge < -0.3 is 9.52 Å². The second-order valence-corrected chi connectivity index (χ2v) is 3.35. The van der Waals surface area contributed by atoms with Gasteiger partial charge in [-0.05, 0) is 29.5 Å². The maximum atomic E-state index is 11.2. The summed E-state index contributed by atoms with van der Waals surface area (Å²) in [5.41, 5.74) is 0.621. The maximum Gasteiger partial charge on any atom is 0.336 e. The van der Waals surface area contributed by atoms with Gasteiger partial charge in [0.2, 0.25) is 0 Å². The van der Waals surface area contributed by atoms with Crippen LogP contribution in [-0.2, 0) is 6.54 Å². The van der Waals surface area contributed by atoms with Gasteiger partial charge in [0.05, 0.1) is 0 Å². The SMILES string of the molecule is O=c1cc(CNCl)c2ccc(O)cc2o1. The van der Waals surface area contributed by atoms with E-state index in [1.54, 1.807) is 6.07 Å². The van der Waals surface area contributed by atoms with E-state index in [2.05, 4.69) is 4.84 Å². The highest BCUT2D eigenvalue weighted by molar-refractivity contribution is 6.13. The molecule has 0 unspecified atom stereocenters. The summed E-state index contributed by atoms with van der Waals surface area (Å²) in [5.74, 6) is 0.0571. The Balaban J connectivity index is 2.74. The van der Waals surface area contributed by atoms with Crippen LogP contribution in [0, 0.1) is 0 Å². The van der Waals surface area contributed by atoms with E-state index in [-0.39, 0.29) is 5.75 Å². The van der Waals surface area contributed by atoms with Crippen LogP contribution in [0.25, 0.3) is 11.0 Å². The molecular weight excluding hydrogens is 218 g/mol. The fourth-order valence-electron chi connectivity index (χ4n) is 1.44. The third-order valence-electron chi connectivity index (χ3n) is 2.07. The molecule has 1 heterocycles.